The summed E-state index contributed by atoms with van der Waals surface area (Å²) in [6.07, 6.45) is 15.9. The zero-order valence-corrected chi connectivity index (χ0v) is 24.8. The zero-order chi connectivity index (χ0) is 29.5. The molecule has 214 valence electrons. The highest BCUT2D eigenvalue weighted by atomic mass is 15.0. The molecule has 3 aromatic heterocycles. The van der Waals surface area contributed by atoms with Crippen LogP contribution in [-0.2, 0) is 0 Å². The van der Waals surface area contributed by atoms with Crippen LogP contribution in [0.2, 0.25) is 0 Å². The van der Waals surface area contributed by atoms with Gasteiger partial charge in [-0.05, 0) is 66.9 Å². The van der Waals surface area contributed by atoms with Crippen molar-refractivity contribution in [2.24, 2.45) is 0 Å². The summed E-state index contributed by atoms with van der Waals surface area (Å²) in [5.74, 6) is 0.327. The molecule has 3 heterocycles. The highest BCUT2D eigenvalue weighted by Crippen LogP contribution is 2.36. The number of H-pyrrole nitrogens is 1. The SMILES string of the molecule is C1=CCC(n2c3ccccc3c3cc(-n4c5c(c6ccccc64)=CC(c4ccc6[nH]c7ccccc7c6c4)CC=5)ccc32)C=C1. The molecule has 0 aliphatic heterocycles. The molecule has 0 radical (unpaired) electrons. The summed E-state index contributed by atoms with van der Waals surface area (Å²) in [5.41, 5.74) is 8.82. The van der Waals surface area contributed by atoms with Gasteiger partial charge in [0.1, 0.15) is 0 Å². The highest BCUT2D eigenvalue weighted by molar-refractivity contribution is 6.09. The average Bonchev–Trinajstić information content (AvgIpc) is 3.75. The number of para-hydroxylation sites is 3. The fraction of sp³-hybridized carbons (Fsp3) is 0.0952. The van der Waals surface area contributed by atoms with Crippen molar-refractivity contribution in [2.45, 2.75) is 24.8 Å². The van der Waals surface area contributed by atoms with Crippen molar-refractivity contribution < 1.29 is 0 Å². The van der Waals surface area contributed by atoms with Crippen LogP contribution in [0.15, 0.2) is 133 Å². The lowest BCUT2D eigenvalue weighted by Crippen LogP contribution is -2.31. The first-order valence-corrected chi connectivity index (χ1v) is 16.0. The number of benzene rings is 5. The minimum absolute atomic E-state index is 0.326. The maximum Gasteiger partial charge on any atom is 0.0560 e. The Labute approximate surface area is 260 Å². The monoisotopic (exact) mass is 577 g/mol. The molecule has 8 aromatic rings. The molecule has 3 heteroatoms. The Balaban J connectivity index is 1.16. The van der Waals surface area contributed by atoms with Gasteiger partial charge in [0.05, 0.1) is 11.6 Å². The number of fused-ring (bicyclic) bond motifs is 9. The predicted molar refractivity (Wildman–Crippen MR) is 190 cm³/mol. The molecule has 0 saturated carbocycles. The summed E-state index contributed by atoms with van der Waals surface area (Å²) in [7, 11) is 0. The van der Waals surface area contributed by atoms with Crippen LogP contribution in [0.3, 0.4) is 0 Å². The molecular weight excluding hydrogens is 546 g/mol. The van der Waals surface area contributed by atoms with Crippen LogP contribution in [0.4, 0.5) is 0 Å². The van der Waals surface area contributed by atoms with E-state index in [0.29, 0.717) is 12.0 Å². The van der Waals surface area contributed by atoms with E-state index >= 15 is 0 Å². The van der Waals surface area contributed by atoms with E-state index in [4.69, 9.17) is 0 Å². The van der Waals surface area contributed by atoms with Crippen molar-refractivity contribution in [1.82, 2.24) is 14.1 Å². The summed E-state index contributed by atoms with van der Waals surface area (Å²) in [5, 5.41) is 9.15. The second-order valence-corrected chi connectivity index (χ2v) is 12.5. The topological polar surface area (TPSA) is 25.6 Å². The van der Waals surface area contributed by atoms with Crippen molar-refractivity contribution in [1.29, 1.82) is 0 Å². The van der Waals surface area contributed by atoms with Crippen molar-refractivity contribution in [3.63, 3.8) is 0 Å². The van der Waals surface area contributed by atoms with Crippen LogP contribution in [0.25, 0.3) is 72.4 Å². The van der Waals surface area contributed by atoms with Gasteiger partial charge in [0, 0.05) is 71.2 Å². The summed E-state index contributed by atoms with van der Waals surface area (Å²) in [6.45, 7) is 0. The van der Waals surface area contributed by atoms with E-state index in [1.807, 2.05) is 0 Å². The third kappa shape index (κ3) is 3.64. The number of nitrogens with one attached hydrogen (secondary N) is 1. The number of nitrogens with zero attached hydrogens (tertiary/aromatic N) is 2. The lowest BCUT2D eigenvalue weighted by atomic mass is 9.90. The van der Waals surface area contributed by atoms with E-state index in [0.717, 1.165) is 12.8 Å². The minimum Gasteiger partial charge on any atom is -0.355 e. The molecule has 3 nitrogen and oxygen atoms in total. The summed E-state index contributed by atoms with van der Waals surface area (Å²) in [6, 6.07) is 40.7. The molecule has 0 spiro atoms. The van der Waals surface area contributed by atoms with E-state index in [1.165, 1.54) is 76.3 Å². The molecule has 5 aromatic carbocycles. The van der Waals surface area contributed by atoms with E-state index in [9.17, 15) is 0 Å². The number of aromatic amines is 1. The largest absolute Gasteiger partial charge is 0.355 e. The molecule has 0 amide bonds. The molecule has 10 rings (SSSR count). The molecular formula is C42H31N3. The normalized spacial score (nSPS) is 17.8. The first-order valence-electron chi connectivity index (χ1n) is 16.0. The molecule has 0 saturated heterocycles. The lowest BCUT2D eigenvalue weighted by molar-refractivity contribution is 0.648. The number of allylic oxidation sites excluding steroid dienone is 4. The first-order chi connectivity index (χ1) is 22.3. The van der Waals surface area contributed by atoms with Gasteiger partial charge >= 0.3 is 0 Å². The second-order valence-electron chi connectivity index (χ2n) is 12.5. The van der Waals surface area contributed by atoms with Gasteiger partial charge in [0.15, 0.2) is 0 Å². The van der Waals surface area contributed by atoms with Gasteiger partial charge in [-0.15, -0.1) is 0 Å². The summed E-state index contributed by atoms with van der Waals surface area (Å²) < 4.78 is 5.00. The molecule has 2 aliphatic carbocycles. The molecule has 2 atom stereocenters. The van der Waals surface area contributed by atoms with Gasteiger partial charge in [0.2, 0.25) is 0 Å². The zero-order valence-electron chi connectivity index (χ0n) is 24.8. The van der Waals surface area contributed by atoms with E-state index < -0.39 is 0 Å². The van der Waals surface area contributed by atoms with Crippen LogP contribution in [0.5, 0.6) is 0 Å². The number of hydrogen-bond donors (Lipinski definition) is 1. The van der Waals surface area contributed by atoms with E-state index in [1.54, 1.807) is 0 Å². The Morgan fingerprint density at radius 3 is 2.27 bits per heavy atom. The Kier molecular flexibility index (Phi) is 5.23. The van der Waals surface area contributed by atoms with Crippen LogP contribution in [0.1, 0.15) is 30.4 Å². The summed E-state index contributed by atoms with van der Waals surface area (Å²) in [4.78, 5) is 3.58. The van der Waals surface area contributed by atoms with Gasteiger partial charge in [-0.3, -0.25) is 0 Å². The fourth-order valence-corrected chi connectivity index (χ4v) is 8.02. The second kappa shape index (κ2) is 9.48. The van der Waals surface area contributed by atoms with Crippen molar-refractivity contribution in [3.05, 3.63) is 150 Å². The fourth-order valence-electron chi connectivity index (χ4n) is 8.02. The summed E-state index contributed by atoms with van der Waals surface area (Å²) >= 11 is 0. The Bertz CT molecular complexity index is 2670. The van der Waals surface area contributed by atoms with Crippen LogP contribution < -0.4 is 10.6 Å². The van der Waals surface area contributed by atoms with Crippen molar-refractivity contribution in [2.75, 3.05) is 0 Å². The maximum atomic E-state index is 3.58. The number of hydrogen-bond acceptors (Lipinski definition) is 0. The lowest BCUT2D eigenvalue weighted by Gasteiger charge is -2.18. The molecule has 0 bridgehead atoms. The third-order valence-corrected chi connectivity index (χ3v) is 10.1. The molecule has 2 aliphatic rings. The van der Waals surface area contributed by atoms with Crippen LogP contribution >= 0.6 is 0 Å². The van der Waals surface area contributed by atoms with Gasteiger partial charge < -0.3 is 14.1 Å². The first kappa shape index (κ1) is 24.9. The van der Waals surface area contributed by atoms with Crippen molar-refractivity contribution >= 4 is 66.7 Å². The number of aromatic nitrogens is 3. The van der Waals surface area contributed by atoms with Gasteiger partial charge in [-0.1, -0.05) is 97.1 Å². The number of rotatable bonds is 3. The molecule has 45 heavy (non-hydrogen) atoms. The minimum atomic E-state index is 0.326. The highest BCUT2D eigenvalue weighted by Gasteiger charge is 2.20. The quantitative estimate of drug-likeness (QED) is 0.217. The molecule has 0 fully saturated rings. The Morgan fingerprint density at radius 1 is 0.600 bits per heavy atom. The average molecular weight is 578 g/mol. The predicted octanol–water partition coefficient (Wildman–Crippen LogP) is 9.18. The Morgan fingerprint density at radius 2 is 1.38 bits per heavy atom. The van der Waals surface area contributed by atoms with E-state index in [-0.39, 0.29) is 0 Å². The third-order valence-electron chi connectivity index (χ3n) is 10.1. The Hall–Kier alpha value is -5.54. The standard InChI is InChI=1S/C42H31N3/c1-2-10-29(11-3-1)44-39-16-8-6-14-33(39)36-26-30(20-23-42(36)44)45-40-17-9-5-13-32(40)35-25-28(19-22-41(35)45)27-18-21-38-34(24-27)31-12-4-7-15-37(31)43-38/h1-10,12-18,20-26,28-29,43H,11,19H2. The van der Waals surface area contributed by atoms with Crippen molar-refractivity contribution in [3.8, 4) is 5.69 Å². The van der Waals surface area contributed by atoms with E-state index in [2.05, 4.69) is 160 Å². The van der Waals surface area contributed by atoms with Gasteiger partial charge in [-0.2, -0.15) is 0 Å². The molecule has 1 N–H and O–H groups in total. The van der Waals surface area contributed by atoms with Crippen LogP contribution in [-0.4, -0.2) is 14.1 Å². The van der Waals surface area contributed by atoms with Gasteiger partial charge in [0.25, 0.3) is 0 Å². The maximum absolute atomic E-state index is 3.58. The van der Waals surface area contributed by atoms with Crippen LogP contribution in [0, 0.1) is 0 Å². The molecule has 2 unspecified atom stereocenters. The smallest absolute Gasteiger partial charge is 0.0560 e. The van der Waals surface area contributed by atoms with Gasteiger partial charge in [-0.25, -0.2) is 0 Å².